The molecule has 0 bridgehead atoms. The lowest BCUT2D eigenvalue weighted by Gasteiger charge is -2.16. The maximum absolute atomic E-state index is 12.2. The van der Waals surface area contributed by atoms with Crippen LogP contribution in [0.4, 0.5) is 0 Å². The summed E-state index contributed by atoms with van der Waals surface area (Å²) in [5.41, 5.74) is 3.70. The van der Waals surface area contributed by atoms with Crippen LogP contribution in [0.1, 0.15) is 22.8 Å². The summed E-state index contributed by atoms with van der Waals surface area (Å²) in [6, 6.07) is 17.2. The van der Waals surface area contributed by atoms with Gasteiger partial charge >= 0.3 is 0 Å². The Morgan fingerprint density at radius 2 is 1.62 bits per heavy atom. The van der Waals surface area contributed by atoms with Crippen molar-refractivity contribution in [3.05, 3.63) is 71.8 Å². The minimum atomic E-state index is -0.767. The lowest BCUT2D eigenvalue weighted by molar-refractivity contribution is -0.128. The van der Waals surface area contributed by atoms with Gasteiger partial charge in [-0.3, -0.25) is 14.4 Å². The molecule has 0 fully saturated rings. The molecule has 0 aromatic heterocycles. The Morgan fingerprint density at radius 3 is 2.23 bits per heavy atom. The second-order valence-corrected chi connectivity index (χ2v) is 5.52. The number of nitrogens with one attached hydrogen (secondary N) is 3. The van der Waals surface area contributed by atoms with Crippen LogP contribution in [0.3, 0.4) is 0 Å². The van der Waals surface area contributed by atoms with Gasteiger partial charge in [0.2, 0.25) is 5.91 Å². The number of amides is 3. The van der Waals surface area contributed by atoms with Crippen LogP contribution in [0.5, 0.6) is 0 Å². The van der Waals surface area contributed by atoms with E-state index in [1.165, 1.54) is 6.92 Å². The molecular formula is C19H20N4O3. The monoisotopic (exact) mass is 352 g/mol. The van der Waals surface area contributed by atoms with Crippen molar-refractivity contribution in [3.63, 3.8) is 0 Å². The molecule has 0 aliphatic carbocycles. The summed E-state index contributed by atoms with van der Waals surface area (Å²) < 4.78 is 0. The zero-order chi connectivity index (χ0) is 18.8. The van der Waals surface area contributed by atoms with E-state index < -0.39 is 11.9 Å². The van der Waals surface area contributed by atoms with Crippen molar-refractivity contribution >= 4 is 24.1 Å². The van der Waals surface area contributed by atoms with Crippen molar-refractivity contribution < 1.29 is 14.4 Å². The van der Waals surface area contributed by atoms with E-state index in [-0.39, 0.29) is 11.8 Å². The summed E-state index contributed by atoms with van der Waals surface area (Å²) in [5.74, 6) is -1.14. The maximum atomic E-state index is 12.2. The molecule has 0 unspecified atom stereocenters. The Hall–Kier alpha value is -3.48. The van der Waals surface area contributed by atoms with Gasteiger partial charge in [-0.1, -0.05) is 48.5 Å². The topological polar surface area (TPSA) is 99.7 Å². The molecule has 0 aliphatic rings. The van der Waals surface area contributed by atoms with Gasteiger partial charge < -0.3 is 10.6 Å². The van der Waals surface area contributed by atoms with E-state index in [2.05, 4.69) is 21.2 Å². The van der Waals surface area contributed by atoms with Crippen LogP contribution >= 0.6 is 0 Å². The molecule has 26 heavy (non-hydrogen) atoms. The summed E-state index contributed by atoms with van der Waals surface area (Å²) in [7, 11) is 0. The Kier molecular flexibility index (Phi) is 7.05. The molecule has 0 radical (unpaired) electrons. The van der Waals surface area contributed by atoms with Crippen molar-refractivity contribution in [1.82, 2.24) is 16.1 Å². The molecule has 7 nitrogen and oxygen atoms in total. The first-order chi connectivity index (χ1) is 12.6. The molecule has 2 rings (SSSR count). The van der Waals surface area contributed by atoms with Crippen LogP contribution in [0, 0.1) is 0 Å². The number of hydrogen-bond donors (Lipinski definition) is 3. The lowest BCUT2D eigenvalue weighted by atomic mass is 10.1. The molecular weight excluding hydrogens is 332 g/mol. The molecule has 0 spiro atoms. The molecule has 134 valence electrons. The number of rotatable bonds is 7. The second kappa shape index (κ2) is 9.73. The first kappa shape index (κ1) is 18.9. The van der Waals surface area contributed by atoms with Crippen molar-refractivity contribution in [2.24, 2.45) is 5.10 Å². The SMILES string of the molecule is CC(=O)N[C@@H](Cc1ccccc1)C(=O)N/N=C/NC(=O)c1ccccc1. The van der Waals surface area contributed by atoms with Gasteiger partial charge in [-0.25, -0.2) is 5.43 Å². The van der Waals surface area contributed by atoms with Gasteiger partial charge in [-0.2, -0.15) is 5.10 Å². The summed E-state index contributed by atoms with van der Waals surface area (Å²) in [5, 5.41) is 8.74. The fraction of sp³-hybridized carbons (Fsp3) is 0.158. The van der Waals surface area contributed by atoms with E-state index >= 15 is 0 Å². The number of benzene rings is 2. The molecule has 0 aliphatic heterocycles. The normalized spacial score (nSPS) is 11.6. The third-order valence-electron chi connectivity index (χ3n) is 3.45. The highest BCUT2D eigenvalue weighted by atomic mass is 16.2. The van der Waals surface area contributed by atoms with Crippen LogP contribution in [-0.4, -0.2) is 30.1 Å². The minimum absolute atomic E-state index is 0.317. The number of carbonyl (C=O) groups excluding carboxylic acids is 3. The largest absolute Gasteiger partial charge is 0.344 e. The summed E-state index contributed by atoms with van der Waals surface area (Å²) in [6.07, 6.45) is 1.43. The van der Waals surface area contributed by atoms with Crippen LogP contribution in [0.15, 0.2) is 65.8 Å². The van der Waals surface area contributed by atoms with Crippen LogP contribution < -0.4 is 16.1 Å². The highest BCUT2D eigenvalue weighted by molar-refractivity contribution is 6.00. The van der Waals surface area contributed by atoms with Crippen molar-refractivity contribution in [2.45, 2.75) is 19.4 Å². The smallest absolute Gasteiger partial charge is 0.263 e. The lowest BCUT2D eigenvalue weighted by Crippen LogP contribution is -2.46. The summed E-state index contributed by atoms with van der Waals surface area (Å²) >= 11 is 0. The van der Waals surface area contributed by atoms with E-state index in [1.807, 2.05) is 30.3 Å². The van der Waals surface area contributed by atoms with Gasteiger partial charge in [0, 0.05) is 18.9 Å². The van der Waals surface area contributed by atoms with Crippen LogP contribution in [-0.2, 0) is 16.0 Å². The minimum Gasteiger partial charge on any atom is -0.344 e. The van der Waals surface area contributed by atoms with E-state index in [1.54, 1.807) is 30.3 Å². The molecule has 2 aromatic rings. The van der Waals surface area contributed by atoms with Gasteiger partial charge in [0.1, 0.15) is 12.4 Å². The molecule has 7 heteroatoms. The molecule has 3 N–H and O–H groups in total. The zero-order valence-electron chi connectivity index (χ0n) is 14.3. The quantitative estimate of drug-likeness (QED) is 0.397. The van der Waals surface area contributed by atoms with Gasteiger partial charge in [-0.05, 0) is 17.7 Å². The predicted octanol–water partition coefficient (Wildman–Crippen LogP) is 1.22. The number of carbonyl (C=O) groups is 3. The molecule has 1 atom stereocenters. The van der Waals surface area contributed by atoms with E-state index in [4.69, 9.17) is 0 Å². The van der Waals surface area contributed by atoms with Crippen molar-refractivity contribution in [2.75, 3.05) is 0 Å². The Balaban J connectivity index is 1.89. The fourth-order valence-electron chi connectivity index (χ4n) is 2.24. The van der Waals surface area contributed by atoms with Gasteiger partial charge in [0.15, 0.2) is 0 Å². The van der Waals surface area contributed by atoms with Crippen LogP contribution in [0.25, 0.3) is 0 Å². The Bertz CT molecular complexity index is 776. The third-order valence-corrected chi connectivity index (χ3v) is 3.45. The van der Waals surface area contributed by atoms with Crippen LogP contribution in [0.2, 0.25) is 0 Å². The third kappa shape index (κ3) is 6.20. The van der Waals surface area contributed by atoms with Crippen molar-refractivity contribution in [3.8, 4) is 0 Å². The molecule has 0 heterocycles. The predicted molar refractivity (Wildman–Crippen MR) is 98.3 cm³/mol. The van der Waals surface area contributed by atoms with Gasteiger partial charge in [0.25, 0.3) is 11.8 Å². The molecule has 0 saturated heterocycles. The number of hydrazone groups is 1. The molecule has 2 aromatic carbocycles. The standard InChI is InChI=1S/C19H20N4O3/c1-14(24)22-17(12-15-8-4-2-5-9-15)19(26)23-21-13-20-18(25)16-10-6-3-7-11-16/h2-11,13,17H,12H2,1H3,(H,22,24)(H,23,26)(H,20,21,25)/t17-/m0/s1. The highest BCUT2D eigenvalue weighted by Gasteiger charge is 2.19. The Morgan fingerprint density at radius 1 is 1.00 bits per heavy atom. The maximum Gasteiger partial charge on any atom is 0.263 e. The highest BCUT2D eigenvalue weighted by Crippen LogP contribution is 2.03. The van der Waals surface area contributed by atoms with Crippen molar-refractivity contribution in [1.29, 1.82) is 0 Å². The van der Waals surface area contributed by atoms with Gasteiger partial charge in [-0.15, -0.1) is 0 Å². The Labute approximate surface area is 151 Å². The van der Waals surface area contributed by atoms with E-state index in [9.17, 15) is 14.4 Å². The van der Waals surface area contributed by atoms with Gasteiger partial charge in [0.05, 0.1) is 0 Å². The first-order valence-electron chi connectivity index (χ1n) is 8.04. The van der Waals surface area contributed by atoms with E-state index in [0.717, 1.165) is 11.9 Å². The zero-order valence-corrected chi connectivity index (χ0v) is 14.3. The average Bonchev–Trinajstić information content (AvgIpc) is 2.65. The average molecular weight is 352 g/mol. The summed E-state index contributed by atoms with van der Waals surface area (Å²) in [4.78, 5) is 35.4. The number of nitrogens with zero attached hydrogens (tertiary/aromatic N) is 1. The second-order valence-electron chi connectivity index (χ2n) is 5.52. The first-order valence-corrected chi connectivity index (χ1v) is 8.04. The fourth-order valence-corrected chi connectivity index (χ4v) is 2.24. The molecule has 0 saturated carbocycles. The van der Waals surface area contributed by atoms with E-state index in [0.29, 0.717) is 12.0 Å². The number of hydrogen-bond acceptors (Lipinski definition) is 4. The molecule has 3 amide bonds. The summed E-state index contributed by atoms with van der Waals surface area (Å²) in [6.45, 7) is 1.34.